The molecule has 0 spiro atoms. The number of nitrogens with zero attached hydrogens (tertiary/aromatic N) is 2. The van der Waals surface area contributed by atoms with E-state index in [9.17, 15) is 9.59 Å². The normalized spacial score (nSPS) is 12.8. The highest BCUT2D eigenvalue weighted by atomic mass is 32.2. The summed E-state index contributed by atoms with van der Waals surface area (Å²) >= 11 is 1.38. The van der Waals surface area contributed by atoms with Gasteiger partial charge in [0.05, 0.1) is 10.9 Å². The molecule has 0 fully saturated rings. The van der Waals surface area contributed by atoms with Gasteiger partial charge in [-0.1, -0.05) is 23.9 Å². The quantitative estimate of drug-likeness (QED) is 0.527. The predicted octanol–water partition coefficient (Wildman–Crippen LogP) is 2.83. The number of hydrogen-bond acceptors (Lipinski definition) is 6. The van der Waals surface area contributed by atoms with Crippen molar-refractivity contribution < 1.29 is 14.3 Å². The second-order valence-corrected chi connectivity index (χ2v) is 7.34. The number of amides is 1. The van der Waals surface area contributed by atoms with Crippen molar-refractivity contribution in [1.82, 2.24) is 9.55 Å². The van der Waals surface area contributed by atoms with Crippen molar-refractivity contribution in [1.29, 1.82) is 0 Å². The highest BCUT2D eigenvalue weighted by molar-refractivity contribution is 7.99. The number of ether oxygens (including phenoxy) is 2. The summed E-state index contributed by atoms with van der Waals surface area (Å²) in [6.45, 7) is 1.03. The van der Waals surface area contributed by atoms with Crippen molar-refractivity contribution in [2.75, 3.05) is 24.3 Å². The van der Waals surface area contributed by atoms with Gasteiger partial charge in [-0.2, -0.15) is 0 Å². The summed E-state index contributed by atoms with van der Waals surface area (Å²) in [5.74, 6) is 1.71. The molecule has 0 saturated heterocycles. The van der Waals surface area contributed by atoms with Gasteiger partial charge in [0.15, 0.2) is 16.7 Å². The molecule has 1 aliphatic heterocycles. The Bertz CT molecular complexity index is 1100. The number of para-hydroxylation sites is 1. The molecule has 0 atom stereocenters. The lowest BCUT2D eigenvalue weighted by Gasteiger charge is -2.19. The van der Waals surface area contributed by atoms with Crippen LogP contribution in [0.15, 0.2) is 52.4 Å². The van der Waals surface area contributed by atoms with E-state index < -0.39 is 0 Å². The lowest BCUT2D eigenvalue weighted by molar-refractivity contribution is -0.115. The van der Waals surface area contributed by atoms with Crippen molar-refractivity contribution in [3.63, 3.8) is 0 Å². The van der Waals surface area contributed by atoms with Gasteiger partial charge in [-0.3, -0.25) is 14.2 Å². The molecule has 2 aromatic carbocycles. The van der Waals surface area contributed by atoms with Crippen LogP contribution in [-0.2, 0) is 11.8 Å². The summed E-state index contributed by atoms with van der Waals surface area (Å²) in [7, 11) is 1.69. The van der Waals surface area contributed by atoms with Gasteiger partial charge in [0.1, 0.15) is 13.2 Å². The van der Waals surface area contributed by atoms with Gasteiger partial charge >= 0.3 is 0 Å². The molecule has 144 valence electrons. The minimum absolute atomic E-state index is 0.0890. The average molecular weight is 397 g/mol. The van der Waals surface area contributed by atoms with E-state index in [4.69, 9.17) is 9.47 Å². The van der Waals surface area contributed by atoms with E-state index in [1.165, 1.54) is 16.3 Å². The maximum absolute atomic E-state index is 12.4. The van der Waals surface area contributed by atoms with Crippen LogP contribution in [-0.4, -0.2) is 34.4 Å². The third-order valence-corrected chi connectivity index (χ3v) is 5.36. The minimum Gasteiger partial charge on any atom is -0.486 e. The van der Waals surface area contributed by atoms with Crippen LogP contribution in [0, 0.1) is 0 Å². The van der Waals surface area contributed by atoms with E-state index in [1.807, 2.05) is 18.2 Å². The summed E-state index contributed by atoms with van der Waals surface area (Å²) in [6.07, 6.45) is 0.293. The number of carbonyl (C=O) groups is 1. The Morgan fingerprint density at radius 2 is 1.96 bits per heavy atom. The van der Waals surface area contributed by atoms with Crippen LogP contribution in [0.3, 0.4) is 0 Å². The number of carbonyl (C=O) groups excluding carboxylic acids is 1. The Kier molecular flexibility index (Phi) is 5.21. The predicted molar refractivity (Wildman–Crippen MR) is 108 cm³/mol. The highest BCUT2D eigenvalue weighted by Crippen LogP contribution is 2.32. The summed E-state index contributed by atoms with van der Waals surface area (Å²) in [6, 6.07) is 12.6. The van der Waals surface area contributed by atoms with E-state index in [2.05, 4.69) is 10.3 Å². The average Bonchev–Trinajstić information content (AvgIpc) is 2.71. The van der Waals surface area contributed by atoms with E-state index in [0.29, 0.717) is 58.6 Å². The van der Waals surface area contributed by atoms with Gasteiger partial charge < -0.3 is 14.8 Å². The van der Waals surface area contributed by atoms with Gasteiger partial charge in [-0.15, -0.1) is 0 Å². The van der Waals surface area contributed by atoms with Crippen molar-refractivity contribution in [3.8, 4) is 11.5 Å². The second kappa shape index (κ2) is 7.93. The minimum atomic E-state index is -0.116. The number of anilines is 1. The van der Waals surface area contributed by atoms with Crippen LogP contribution in [0.4, 0.5) is 5.69 Å². The fraction of sp³-hybridized carbons (Fsp3) is 0.250. The first-order chi connectivity index (χ1) is 13.6. The molecule has 0 radical (unpaired) electrons. The lowest BCUT2D eigenvalue weighted by Crippen LogP contribution is -2.20. The van der Waals surface area contributed by atoms with Crippen molar-refractivity contribution in [3.05, 3.63) is 52.8 Å². The number of nitrogens with one attached hydrogen (secondary N) is 1. The van der Waals surface area contributed by atoms with Gasteiger partial charge in [-0.25, -0.2) is 4.98 Å². The van der Waals surface area contributed by atoms with Crippen LogP contribution in [0.1, 0.15) is 6.42 Å². The number of aromatic nitrogens is 2. The van der Waals surface area contributed by atoms with Gasteiger partial charge in [0.25, 0.3) is 5.56 Å². The first kappa shape index (κ1) is 18.4. The van der Waals surface area contributed by atoms with Crippen LogP contribution >= 0.6 is 11.8 Å². The van der Waals surface area contributed by atoms with Crippen LogP contribution in [0.25, 0.3) is 10.9 Å². The first-order valence-corrected chi connectivity index (χ1v) is 9.88. The van der Waals surface area contributed by atoms with E-state index >= 15 is 0 Å². The molecule has 0 saturated carbocycles. The third kappa shape index (κ3) is 3.82. The molecule has 0 aliphatic carbocycles. The van der Waals surface area contributed by atoms with Crippen LogP contribution in [0.5, 0.6) is 11.5 Å². The van der Waals surface area contributed by atoms with E-state index in [-0.39, 0.29) is 11.5 Å². The molecule has 3 aromatic rings. The molecule has 1 amide bonds. The molecule has 1 aromatic heterocycles. The topological polar surface area (TPSA) is 82.5 Å². The Morgan fingerprint density at radius 1 is 1.18 bits per heavy atom. The molecule has 4 rings (SSSR count). The fourth-order valence-electron chi connectivity index (χ4n) is 2.91. The van der Waals surface area contributed by atoms with Crippen molar-refractivity contribution >= 4 is 34.3 Å². The Hall–Kier alpha value is -3.00. The van der Waals surface area contributed by atoms with E-state index in [1.54, 1.807) is 31.3 Å². The zero-order chi connectivity index (χ0) is 19.5. The molecule has 0 unspecified atom stereocenters. The second-order valence-electron chi connectivity index (χ2n) is 6.28. The molecule has 2 heterocycles. The Labute approximate surface area is 165 Å². The Morgan fingerprint density at radius 3 is 2.82 bits per heavy atom. The maximum Gasteiger partial charge on any atom is 0.261 e. The number of fused-ring (bicyclic) bond motifs is 2. The molecule has 1 aliphatic rings. The largest absolute Gasteiger partial charge is 0.486 e. The number of hydrogen-bond donors (Lipinski definition) is 1. The summed E-state index contributed by atoms with van der Waals surface area (Å²) < 4.78 is 12.5. The van der Waals surface area contributed by atoms with Crippen LogP contribution in [0.2, 0.25) is 0 Å². The summed E-state index contributed by atoms with van der Waals surface area (Å²) in [4.78, 5) is 29.2. The van der Waals surface area contributed by atoms with Gasteiger partial charge in [0.2, 0.25) is 5.91 Å². The standard InChI is InChI=1S/C20H19N3O4S/c1-23-19(25)14-4-2-3-5-15(14)22-20(23)28-11-8-18(24)21-13-6-7-16-17(12-13)27-10-9-26-16/h2-7,12H,8-11H2,1H3,(H,21,24). The molecule has 7 nitrogen and oxygen atoms in total. The van der Waals surface area contributed by atoms with Crippen molar-refractivity contribution in [2.45, 2.75) is 11.6 Å². The smallest absolute Gasteiger partial charge is 0.261 e. The summed E-state index contributed by atoms with van der Waals surface area (Å²) in [5, 5.41) is 4.04. The fourth-order valence-corrected chi connectivity index (χ4v) is 3.82. The van der Waals surface area contributed by atoms with E-state index in [0.717, 1.165) is 0 Å². The molecule has 8 heteroatoms. The van der Waals surface area contributed by atoms with Crippen LogP contribution < -0.4 is 20.3 Å². The third-order valence-electron chi connectivity index (χ3n) is 4.33. The molecule has 1 N–H and O–H groups in total. The molecular formula is C20H19N3O4S. The summed E-state index contributed by atoms with van der Waals surface area (Å²) in [5.41, 5.74) is 1.23. The molecular weight excluding hydrogens is 378 g/mol. The molecule has 0 bridgehead atoms. The Balaban J connectivity index is 1.37. The van der Waals surface area contributed by atoms with Gasteiger partial charge in [0, 0.05) is 31.0 Å². The zero-order valence-electron chi connectivity index (χ0n) is 15.3. The monoisotopic (exact) mass is 397 g/mol. The van der Waals surface area contributed by atoms with Crippen molar-refractivity contribution in [2.24, 2.45) is 7.05 Å². The number of thioether (sulfide) groups is 1. The number of rotatable bonds is 5. The first-order valence-electron chi connectivity index (χ1n) is 8.90. The SMILES string of the molecule is Cn1c(SCCC(=O)Nc2ccc3c(c2)OCCO3)nc2ccccc2c1=O. The zero-order valence-corrected chi connectivity index (χ0v) is 16.1. The highest BCUT2D eigenvalue weighted by Gasteiger charge is 2.13. The maximum atomic E-state index is 12.4. The molecule has 28 heavy (non-hydrogen) atoms. The number of benzene rings is 2. The van der Waals surface area contributed by atoms with Gasteiger partial charge in [-0.05, 0) is 24.3 Å². The lowest BCUT2D eigenvalue weighted by atomic mass is 10.2.